The van der Waals surface area contributed by atoms with Crippen LogP contribution in [0.1, 0.15) is 23.6 Å². The fourth-order valence-corrected chi connectivity index (χ4v) is 6.12. The summed E-state index contributed by atoms with van der Waals surface area (Å²) in [5.74, 6) is -0.451. The van der Waals surface area contributed by atoms with Gasteiger partial charge in [0.05, 0.1) is 16.6 Å². The van der Waals surface area contributed by atoms with Crippen LogP contribution in [0.15, 0.2) is 48.9 Å². The zero-order valence-corrected chi connectivity index (χ0v) is 25.0. The van der Waals surface area contributed by atoms with Crippen LogP contribution in [0.3, 0.4) is 0 Å². The zero-order chi connectivity index (χ0) is 31.9. The molecular weight excluding hydrogens is 590 g/mol. The second-order valence-electron chi connectivity index (χ2n) is 11.8. The number of amides is 2. The van der Waals surface area contributed by atoms with E-state index in [0.717, 1.165) is 38.7 Å². The highest BCUT2D eigenvalue weighted by molar-refractivity contribution is 6.02. The molecule has 0 bridgehead atoms. The highest BCUT2D eigenvalue weighted by Crippen LogP contribution is 2.38. The number of rotatable bonds is 6. The van der Waals surface area contributed by atoms with Gasteiger partial charge in [0.2, 0.25) is 0 Å². The number of benzene rings is 2. The summed E-state index contributed by atoms with van der Waals surface area (Å²) >= 11 is 0. The third-order valence-corrected chi connectivity index (χ3v) is 8.59. The quantitative estimate of drug-likeness (QED) is 0.256. The normalized spacial score (nSPS) is 18.5. The Kier molecular flexibility index (Phi) is 8.37. The van der Waals surface area contributed by atoms with Gasteiger partial charge in [-0.05, 0) is 62.5 Å². The minimum Gasteiger partial charge on any atom is -0.383 e. The maximum atomic E-state index is 15.3. The molecule has 2 aromatic carbocycles. The molecule has 0 spiro atoms. The number of likely N-dealkylation sites (tertiary alicyclic amines) is 1. The molecule has 0 saturated carbocycles. The molecule has 10 nitrogen and oxygen atoms in total. The first kappa shape index (κ1) is 30.7. The van der Waals surface area contributed by atoms with Crippen molar-refractivity contribution in [3.05, 3.63) is 65.9 Å². The van der Waals surface area contributed by atoms with Crippen molar-refractivity contribution in [3.63, 3.8) is 0 Å². The number of likely N-dealkylation sites (N-methyl/N-ethyl adjacent to an activating group) is 2. The summed E-state index contributed by atoms with van der Waals surface area (Å²) in [5.41, 5.74) is 7.18. The van der Waals surface area contributed by atoms with Crippen LogP contribution in [0.5, 0.6) is 0 Å². The van der Waals surface area contributed by atoms with E-state index >= 15 is 4.39 Å². The third-order valence-electron chi connectivity index (χ3n) is 8.59. The lowest BCUT2D eigenvalue weighted by atomic mass is 10.0. The second-order valence-corrected chi connectivity index (χ2v) is 11.8. The number of aromatic nitrogens is 3. The van der Waals surface area contributed by atoms with Gasteiger partial charge in [0, 0.05) is 62.8 Å². The molecule has 2 fully saturated rings. The van der Waals surface area contributed by atoms with Crippen LogP contribution in [0.2, 0.25) is 0 Å². The summed E-state index contributed by atoms with van der Waals surface area (Å²) in [5, 5.41) is 5.42. The van der Waals surface area contributed by atoms with Gasteiger partial charge in [0.15, 0.2) is 0 Å². The van der Waals surface area contributed by atoms with Gasteiger partial charge in [-0.25, -0.2) is 19.2 Å². The van der Waals surface area contributed by atoms with Gasteiger partial charge in [-0.3, -0.25) is 4.90 Å². The summed E-state index contributed by atoms with van der Waals surface area (Å²) in [6.07, 6.45) is -0.371. The predicted octanol–water partition coefficient (Wildman–Crippen LogP) is 5.11. The van der Waals surface area contributed by atoms with Gasteiger partial charge in [-0.2, -0.15) is 13.2 Å². The van der Waals surface area contributed by atoms with Crippen molar-refractivity contribution in [2.75, 3.05) is 69.7 Å². The number of nitrogens with one attached hydrogen (secondary N) is 2. The van der Waals surface area contributed by atoms with Gasteiger partial charge >= 0.3 is 12.2 Å². The molecule has 238 valence electrons. The molecule has 2 saturated heterocycles. The molecule has 2 aromatic heterocycles. The Labute approximate surface area is 257 Å². The Morgan fingerprint density at radius 3 is 2.47 bits per heavy atom. The number of fused-ring (bicyclic) bond motifs is 1. The largest absolute Gasteiger partial charge is 0.416 e. The van der Waals surface area contributed by atoms with Crippen molar-refractivity contribution in [3.8, 4) is 11.1 Å². The van der Waals surface area contributed by atoms with E-state index in [1.807, 2.05) is 25.2 Å². The van der Waals surface area contributed by atoms with Gasteiger partial charge in [-0.1, -0.05) is 12.1 Å². The van der Waals surface area contributed by atoms with E-state index in [1.54, 1.807) is 6.07 Å². The number of nitrogens with zero attached hydrogens (tertiary/aromatic N) is 6. The fraction of sp³-hybridized carbons (Fsp3) is 0.387. The first-order chi connectivity index (χ1) is 21.5. The smallest absolute Gasteiger partial charge is 0.383 e. The summed E-state index contributed by atoms with van der Waals surface area (Å²) in [4.78, 5) is 27.7. The summed E-state index contributed by atoms with van der Waals surface area (Å²) in [6.45, 7) is 4.83. The van der Waals surface area contributed by atoms with Crippen LogP contribution >= 0.6 is 0 Å². The van der Waals surface area contributed by atoms with Crippen molar-refractivity contribution in [1.29, 1.82) is 0 Å². The Hall–Kier alpha value is -4.27. The summed E-state index contributed by atoms with van der Waals surface area (Å²) < 4.78 is 59.3. The van der Waals surface area contributed by atoms with Gasteiger partial charge in [0.1, 0.15) is 23.6 Å². The van der Waals surface area contributed by atoms with Crippen molar-refractivity contribution >= 4 is 34.3 Å². The van der Waals surface area contributed by atoms with Crippen LogP contribution in [0.25, 0.3) is 22.2 Å². The molecule has 1 unspecified atom stereocenters. The predicted molar refractivity (Wildman–Crippen MR) is 165 cm³/mol. The minimum absolute atomic E-state index is 0.0557. The topological polar surface area (TPSA) is 108 Å². The number of hydrogen-bond donors (Lipinski definition) is 3. The Bertz CT molecular complexity index is 1720. The van der Waals surface area contributed by atoms with Gasteiger partial charge in [-0.15, -0.1) is 0 Å². The molecule has 0 radical (unpaired) electrons. The van der Waals surface area contributed by atoms with E-state index in [1.165, 1.54) is 30.6 Å². The van der Waals surface area contributed by atoms with Crippen molar-refractivity contribution < 1.29 is 22.4 Å². The molecule has 4 N–H and O–H groups in total. The van der Waals surface area contributed by atoms with E-state index in [2.05, 4.69) is 35.0 Å². The lowest BCUT2D eigenvalue weighted by molar-refractivity contribution is -0.138. The fourth-order valence-electron chi connectivity index (χ4n) is 6.12. The standard InChI is InChI=1S/C31H35F4N9O/c1-41-9-11-43(12-10-41)15-20-3-5-21(14-24(20)31(33,34)35)39-30(45)40-26-6-4-19(13-25(26)32)23-17-44(22-7-8-42(2)16-22)29-27(23)28(36)37-18-38-29/h3-6,13-14,17-18,22H,7-12,15-16H2,1-2H3,(H2,36,37,38)(H2,39,40,45). The van der Waals surface area contributed by atoms with Crippen LogP contribution in [-0.4, -0.2) is 88.6 Å². The number of halogens is 4. The van der Waals surface area contributed by atoms with E-state index in [-0.39, 0.29) is 35.3 Å². The maximum Gasteiger partial charge on any atom is 0.416 e. The number of nitrogens with two attached hydrogens (primary N) is 1. The average Bonchev–Trinajstić information content (AvgIpc) is 3.60. The van der Waals surface area contributed by atoms with Gasteiger partial charge < -0.3 is 30.7 Å². The Morgan fingerprint density at radius 1 is 1.00 bits per heavy atom. The molecule has 4 heterocycles. The van der Waals surface area contributed by atoms with Crippen molar-refractivity contribution in [2.45, 2.75) is 25.2 Å². The van der Waals surface area contributed by atoms with Crippen LogP contribution in [-0.2, 0) is 12.7 Å². The molecule has 1 atom stereocenters. The highest BCUT2D eigenvalue weighted by atomic mass is 19.4. The van der Waals surface area contributed by atoms with E-state index in [4.69, 9.17) is 5.73 Å². The molecule has 0 aliphatic carbocycles. The summed E-state index contributed by atoms with van der Waals surface area (Å²) in [6, 6.07) is 7.32. The number of piperazine rings is 1. The SMILES string of the molecule is CN1CCN(Cc2ccc(NC(=O)Nc3ccc(-c4cn(C5CCN(C)C5)c5ncnc(N)c45)cc3F)cc2C(F)(F)F)CC1. The van der Waals surface area contributed by atoms with Crippen LogP contribution < -0.4 is 16.4 Å². The Balaban J connectivity index is 1.19. The van der Waals surface area contributed by atoms with Crippen molar-refractivity contribution in [1.82, 2.24) is 29.2 Å². The highest BCUT2D eigenvalue weighted by Gasteiger charge is 2.34. The number of urea groups is 1. The lowest BCUT2D eigenvalue weighted by Crippen LogP contribution is -2.44. The van der Waals surface area contributed by atoms with Gasteiger partial charge in [0.25, 0.3) is 0 Å². The lowest BCUT2D eigenvalue weighted by Gasteiger charge is -2.33. The third kappa shape index (κ3) is 6.58. The molecule has 45 heavy (non-hydrogen) atoms. The second kappa shape index (κ2) is 12.3. The molecule has 2 aliphatic heterocycles. The first-order valence-corrected chi connectivity index (χ1v) is 14.7. The monoisotopic (exact) mass is 625 g/mol. The number of anilines is 3. The molecular formula is C31H35F4N9O. The first-order valence-electron chi connectivity index (χ1n) is 14.7. The zero-order valence-electron chi connectivity index (χ0n) is 25.0. The van der Waals surface area contributed by atoms with Crippen LogP contribution in [0.4, 0.5) is 39.5 Å². The molecule has 4 aromatic rings. The minimum atomic E-state index is -4.61. The number of carbonyl (C=O) groups is 1. The molecule has 14 heteroatoms. The van der Waals surface area contributed by atoms with E-state index in [9.17, 15) is 18.0 Å². The molecule has 2 amide bonds. The Morgan fingerprint density at radius 2 is 1.78 bits per heavy atom. The molecule has 2 aliphatic rings. The van der Waals surface area contributed by atoms with E-state index < -0.39 is 23.6 Å². The maximum absolute atomic E-state index is 15.3. The summed E-state index contributed by atoms with van der Waals surface area (Å²) in [7, 11) is 4.03. The van der Waals surface area contributed by atoms with Crippen LogP contribution in [0, 0.1) is 5.82 Å². The average molecular weight is 626 g/mol. The number of nitrogen functional groups attached to an aromatic ring is 1. The molecule has 6 rings (SSSR count). The number of alkyl halides is 3. The van der Waals surface area contributed by atoms with E-state index in [0.29, 0.717) is 35.2 Å². The number of hydrogen-bond acceptors (Lipinski definition) is 7. The van der Waals surface area contributed by atoms with Crippen molar-refractivity contribution in [2.24, 2.45) is 0 Å². The number of carbonyl (C=O) groups excluding carboxylic acids is 1.